The van der Waals surface area contributed by atoms with Crippen molar-refractivity contribution < 1.29 is 9.21 Å². The lowest BCUT2D eigenvalue weighted by molar-refractivity contribution is -0.113. The van der Waals surface area contributed by atoms with Crippen LogP contribution in [0.3, 0.4) is 0 Å². The molecule has 1 N–H and O–H groups in total. The van der Waals surface area contributed by atoms with Crippen molar-refractivity contribution in [1.82, 2.24) is 14.8 Å². The summed E-state index contributed by atoms with van der Waals surface area (Å²) in [5.41, 5.74) is 2.94. The monoisotopic (exact) mass is 482 g/mol. The molecule has 4 aromatic rings. The Kier molecular flexibility index (Phi) is 6.35. The van der Waals surface area contributed by atoms with E-state index in [2.05, 4.69) is 31.4 Å². The van der Waals surface area contributed by atoms with Gasteiger partial charge in [-0.05, 0) is 52.2 Å². The summed E-state index contributed by atoms with van der Waals surface area (Å²) in [5.74, 6) is 1.36. The molecular weight excluding hydrogens is 464 g/mol. The van der Waals surface area contributed by atoms with E-state index in [1.807, 2.05) is 78.2 Å². The SMILES string of the molecule is Cc1ccccc1NC(=O)CSc1nnc(-c2ccc(Br)o2)n1Cc1ccccc1. The highest BCUT2D eigenvalue weighted by Gasteiger charge is 2.18. The molecule has 0 radical (unpaired) electrons. The van der Waals surface area contributed by atoms with Crippen molar-refractivity contribution in [3.05, 3.63) is 82.5 Å². The fourth-order valence-corrected chi connectivity index (χ4v) is 3.99. The number of hydrogen-bond donors (Lipinski definition) is 1. The highest BCUT2D eigenvalue weighted by atomic mass is 79.9. The fraction of sp³-hybridized carbons (Fsp3) is 0.136. The van der Waals surface area contributed by atoms with Gasteiger partial charge in [-0.1, -0.05) is 60.3 Å². The molecule has 6 nitrogen and oxygen atoms in total. The van der Waals surface area contributed by atoms with Crippen molar-refractivity contribution in [2.24, 2.45) is 0 Å². The van der Waals surface area contributed by atoms with Gasteiger partial charge in [-0.15, -0.1) is 10.2 Å². The van der Waals surface area contributed by atoms with Crippen LogP contribution in [-0.4, -0.2) is 26.4 Å². The summed E-state index contributed by atoms with van der Waals surface area (Å²) in [6.07, 6.45) is 0. The Labute approximate surface area is 186 Å². The molecule has 0 aliphatic rings. The number of para-hydroxylation sites is 1. The van der Waals surface area contributed by atoms with Crippen LogP contribution in [0.2, 0.25) is 0 Å². The van der Waals surface area contributed by atoms with Crippen LogP contribution in [0.15, 0.2) is 81.0 Å². The Balaban J connectivity index is 1.54. The van der Waals surface area contributed by atoms with Crippen molar-refractivity contribution in [3.63, 3.8) is 0 Å². The standard InChI is InChI=1S/C22H19BrN4O2S/c1-15-7-5-6-10-17(15)24-20(28)14-30-22-26-25-21(18-11-12-19(23)29-18)27(22)13-16-8-3-2-4-9-16/h2-12H,13-14H2,1H3,(H,24,28). The molecule has 0 unspecified atom stereocenters. The number of nitrogens with zero attached hydrogens (tertiary/aromatic N) is 3. The van der Waals surface area contributed by atoms with Crippen LogP contribution < -0.4 is 5.32 Å². The number of carbonyl (C=O) groups is 1. The lowest BCUT2D eigenvalue weighted by atomic mass is 10.2. The minimum Gasteiger partial charge on any atom is -0.446 e. The number of aryl methyl sites for hydroxylation is 1. The van der Waals surface area contributed by atoms with Gasteiger partial charge in [0.05, 0.1) is 12.3 Å². The normalized spacial score (nSPS) is 10.9. The van der Waals surface area contributed by atoms with Crippen LogP contribution in [0.4, 0.5) is 5.69 Å². The first-order valence-corrected chi connectivity index (χ1v) is 11.1. The van der Waals surface area contributed by atoms with Gasteiger partial charge >= 0.3 is 0 Å². The first-order chi connectivity index (χ1) is 14.6. The van der Waals surface area contributed by atoms with E-state index >= 15 is 0 Å². The van der Waals surface area contributed by atoms with Crippen molar-refractivity contribution in [1.29, 1.82) is 0 Å². The fourth-order valence-electron chi connectivity index (χ4n) is 2.95. The van der Waals surface area contributed by atoms with Gasteiger partial charge in [0.1, 0.15) is 0 Å². The van der Waals surface area contributed by atoms with E-state index in [1.165, 1.54) is 11.8 Å². The molecule has 1 amide bonds. The molecule has 4 rings (SSSR count). The molecule has 0 spiro atoms. The minimum atomic E-state index is -0.0918. The molecule has 0 aliphatic carbocycles. The largest absolute Gasteiger partial charge is 0.446 e. The third kappa shape index (κ3) is 4.83. The van der Waals surface area contributed by atoms with Crippen LogP contribution in [-0.2, 0) is 11.3 Å². The summed E-state index contributed by atoms with van der Waals surface area (Å²) in [5, 5.41) is 12.2. The van der Waals surface area contributed by atoms with Gasteiger partial charge in [0.15, 0.2) is 15.6 Å². The average molecular weight is 483 g/mol. The lowest BCUT2D eigenvalue weighted by Gasteiger charge is -2.10. The quantitative estimate of drug-likeness (QED) is 0.357. The smallest absolute Gasteiger partial charge is 0.234 e. The van der Waals surface area contributed by atoms with Gasteiger partial charge in [0, 0.05) is 5.69 Å². The molecule has 152 valence electrons. The Bertz CT molecular complexity index is 1160. The molecule has 0 saturated heterocycles. The zero-order chi connectivity index (χ0) is 20.9. The number of nitrogens with one attached hydrogen (secondary N) is 1. The Hall–Kier alpha value is -2.84. The number of carbonyl (C=O) groups excluding carboxylic acids is 1. The average Bonchev–Trinajstić information content (AvgIpc) is 3.35. The highest BCUT2D eigenvalue weighted by Crippen LogP contribution is 2.28. The molecular formula is C22H19BrN4O2S. The first kappa shape index (κ1) is 20.4. The van der Waals surface area contributed by atoms with Crippen molar-refractivity contribution in [3.8, 4) is 11.6 Å². The molecule has 2 heterocycles. The Morgan fingerprint density at radius 1 is 1.07 bits per heavy atom. The number of halogens is 1. The number of hydrogen-bond acceptors (Lipinski definition) is 5. The Morgan fingerprint density at radius 2 is 1.83 bits per heavy atom. The zero-order valence-electron chi connectivity index (χ0n) is 16.2. The molecule has 2 aromatic heterocycles. The van der Waals surface area contributed by atoms with Crippen molar-refractivity contribution >= 4 is 39.3 Å². The first-order valence-electron chi connectivity index (χ1n) is 9.31. The van der Waals surface area contributed by atoms with Crippen LogP contribution in [0.25, 0.3) is 11.6 Å². The summed E-state index contributed by atoms with van der Waals surface area (Å²) >= 11 is 4.68. The minimum absolute atomic E-state index is 0.0918. The van der Waals surface area contributed by atoms with Crippen molar-refractivity contribution in [2.45, 2.75) is 18.6 Å². The number of anilines is 1. The van der Waals surface area contributed by atoms with E-state index in [0.717, 1.165) is 16.8 Å². The number of benzene rings is 2. The highest BCUT2D eigenvalue weighted by molar-refractivity contribution is 9.10. The molecule has 30 heavy (non-hydrogen) atoms. The number of amides is 1. The van der Waals surface area contributed by atoms with E-state index in [-0.39, 0.29) is 11.7 Å². The van der Waals surface area contributed by atoms with Gasteiger partial charge < -0.3 is 9.73 Å². The maximum Gasteiger partial charge on any atom is 0.234 e. The van der Waals surface area contributed by atoms with E-state index in [1.54, 1.807) is 0 Å². The van der Waals surface area contributed by atoms with Crippen LogP contribution in [0, 0.1) is 6.92 Å². The second-order valence-electron chi connectivity index (χ2n) is 6.63. The molecule has 0 aliphatic heterocycles. The second-order valence-corrected chi connectivity index (χ2v) is 8.36. The zero-order valence-corrected chi connectivity index (χ0v) is 18.6. The summed E-state index contributed by atoms with van der Waals surface area (Å²) in [6, 6.07) is 21.4. The number of furan rings is 1. The van der Waals surface area contributed by atoms with Crippen LogP contribution in [0.1, 0.15) is 11.1 Å². The maximum atomic E-state index is 12.5. The molecule has 0 atom stereocenters. The predicted octanol–water partition coefficient (Wildman–Crippen LogP) is 5.39. The molecule has 0 fully saturated rings. The van der Waals surface area contributed by atoms with Gasteiger partial charge in [-0.3, -0.25) is 9.36 Å². The number of aromatic nitrogens is 3. The van der Waals surface area contributed by atoms with Crippen molar-refractivity contribution in [2.75, 3.05) is 11.1 Å². The lowest BCUT2D eigenvalue weighted by Crippen LogP contribution is -2.15. The summed E-state index contributed by atoms with van der Waals surface area (Å²) in [7, 11) is 0. The summed E-state index contributed by atoms with van der Waals surface area (Å²) in [4.78, 5) is 12.5. The van der Waals surface area contributed by atoms with E-state index in [9.17, 15) is 4.79 Å². The van der Waals surface area contributed by atoms with Crippen LogP contribution >= 0.6 is 27.7 Å². The number of thioether (sulfide) groups is 1. The van der Waals surface area contributed by atoms with Crippen LogP contribution in [0.5, 0.6) is 0 Å². The summed E-state index contributed by atoms with van der Waals surface area (Å²) in [6.45, 7) is 2.54. The van der Waals surface area contributed by atoms with Gasteiger partial charge in [-0.2, -0.15) is 0 Å². The van der Waals surface area contributed by atoms with Gasteiger partial charge in [0.2, 0.25) is 11.7 Å². The maximum absolute atomic E-state index is 12.5. The molecule has 8 heteroatoms. The number of rotatable bonds is 7. The Morgan fingerprint density at radius 3 is 2.57 bits per heavy atom. The van der Waals surface area contributed by atoms with Gasteiger partial charge in [-0.25, -0.2) is 0 Å². The van der Waals surface area contributed by atoms with E-state index in [0.29, 0.717) is 28.0 Å². The predicted molar refractivity (Wildman–Crippen MR) is 122 cm³/mol. The second kappa shape index (κ2) is 9.32. The molecule has 2 aromatic carbocycles. The molecule has 0 bridgehead atoms. The molecule has 0 saturated carbocycles. The third-order valence-electron chi connectivity index (χ3n) is 4.45. The van der Waals surface area contributed by atoms with E-state index in [4.69, 9.17) is 4.42 Å². The topological polar surface area (TPSA) is 73.0 Å². The third-order valence-corrected chi connectivity index (χ3v) is 5.84. The van der Waals surface area contributed by atoms with E-state index < -0.39 is 0 Å². The van der Waals surface area contributed by atoms with Gasteiger partial charge in [0.25, 0.3) is 0 Å². The summed E-state index contributed by atoms with van der Waals surface area (Å²) < 4.78 is 8.27.